The summed E-state index contributed by atoms with van der Waals surface area (Å²) in [6.07, 6.45) is 1.85. The lowest BCUT2D eigenvalue weighted by atomic mass is 10.0. The lowest BCUT2D eigenvalue weighted by molar-refractivity contribution is 0.0992. The molecule has 0 aliphatic rings. The number of hydrogen-bond acceptors (Lipinski definition) is 2. The summed E-state index contributed by atoms with van der Waals surface area (Å²) < 4.78 is 13.0. The minimum absolute atomic E-state index is 0.0406. The quantitative estimate of drug-likeness (QED) is 0.757. The second-order valence-corrected chi connectivity index (χ2v) is 3.87. The summed E-state index contributed by atoms with van der Waals surface area (Å²) >= 11 is 0. The Bertz CT molecular complexity index is 551. The van der Waals surface area contributed by atoms with Crippen LogP contribution >= 0.6 is 0 Å². The number of halogens is 1. The van der Waals surface area contributed by atoms with E-state index < -0.39 is 0 Å². The van der Waals surface area contributed by atoms with Crippen molar-refractivity contribution in [3.8, 4) is 0 Å². The zero-order chi connectivity index (χ0) is 12.3. The molecular weight excluding hydrogens is 217 g/mol. The Hall–Kier alpha value is -2.03. The molecule has 0 aliphatic carbocycles. The number of hydrogen-bond donors (Lipinski definition) is 0. The molecule has 0 saturated carbocycles. The summed E-state index contributed by atoms with van der Waals surface area (Å²) in [5.74, 6) is -0.362. The molecule has 1 aromatic carbocycles. The number of ketones is 1. The summed E-state index contributed by atoms with van der Waals surface area (Å²) in [5.41, 5.74) is 1.98. The molecule has 1 heterocycles. The normalized spacial score (nSPS) is 10.2. The van der Waals surface area contributed by atoms with E-state index in [4.69, 9.17) is 0 Å². The third-order valence-electron chi connectivity index (χ3n) is 2.56. The van der Waals surface area contributed by atoms with Gasteiger partial charge in [-0.05, 0) is 36.8 Å². The predicted octanol–water partition coefficient (Wildman–Crippen LogP) is 2.95. The van der Waals surface area contributed by atoms with Crippen LogP contribution in [0.4, 0.5) is 4.39 Å². The van der Waals surface area contributed by atoms with Gasteiger partial charge in [-0.3, -0.25) is 9.78 Å². The lowest BCUT2D eigenvalue weighted by Crippen LogP contribution is -2.06. The Morgan fingerprint density at radius 3 is 2.82 bits per heavy atom. The van der Waals surface area contributed by atoms with Crippen LogP contribution in [0.5, 0.6) is 0 Å². The van der Waals surface area contributed by atoms with Gasteiger partial charge in [0.25, 0.3) is 0 Å². The smallest absolute Gasteiger partial charge is 0.169 e. The summed E-state index contributed by atoms with van der Waals surface area (Å²) in [6.45, 7) is 1.79. The van der Waals surface area contributed by atoms with Gasteiger partial charge < -0.3 is 0 Å². The molecule has 2 nitrogen and oxygen atoms in total. The first-order chi connectivity index (χ1) is 8.16. The van der Waals surface area contributed by atoms with Gasteiger partial charge in [-0.2, -0.15) is 0 Å². The zero-order valence-corrected chi connectivity index (χ0v) is 9.48. The molecule has 0 spiro atoms. The molecule has 0 unspecified atom stereocenters. The van der Waals surface area contributed by atoms with E-state index in [1.54, 1.807) is 37.4 Å². The van der Waals surface area contributed by atoms with Crippen molar-refractivity contribution in [2.24, 2.45) is 0 Å². The molecule has 2 aromatic rings. The van der Waals surface area contributed by atoms with Gasteiger partial charge in [-0.1, -0.05) is 12.1 Å². The maximum atomic E-state index is 13.0. The highest BCUT2D eigenvalue weighted by molar-refractivity contribution is 5.98. The number of nitrogens with zero attached hydrogens (tertiary/aromatic N) is 1. The molecule has 0 aliphatic heterocycles. The molecule has 0 bridgehead atoms. The number of pyridine rings is 1. The Kier molecular flexibility index (Phi) is 3.28. The van der Waals surface area contributed by atoms with Crippen molar-refractivity contribution in [2.45, 2.75) is 13.3 Å². The van der Waals surface area contributed by atoms with Crippen molar-refractivity contribution < 1.29 is 9.18 Å². The number of rotatable bonds is 3. The van der Waals surface area contributed by atoms with Gasteiger partial charge in [0.15, 0.2) is 5.78 Å². The molecule has 0 fully saturated rings. The first-order valence-corrected chi connectivity index (χ1v) is 5.36. The second kappa shape index (κ2) is 4.87. The number of aromatic nitrogens is 1. The van der Waals surface area contributed by atoms with Gasteiger partial charge in [0.2, 0.25) is 0 Å². The molecule has 0 N–H and O–H groups in total. The first-order valence-electron chi connectivity index (χ1n) is 5.36. The van der Waals surface area contributed by atoms with Crippen LogP contribution in [0.1, 0.15) is 21.6 Å². The van der Waals surface area contributed by atoms with Crippen LogP contribution in [0, 0.1) is 12.7 Å². The van der Waals surface area contributed by atoms with E-state index >= 15 is 0 Å². The van der Waals surface area contributed by atoms with Crippen molar-refractivity contribution >= 4 is 5.78 Å². The van der Waals surface area contributed by atoms with Crippen molar-refractivity contribution in [1.29, 1.82) is 0 Å². The van der Waals surface area contributed by atoms with Gasteiger partial charge in [-0.25, -0.2) is 4.39 Å². The van der Waals surface area contributed by atoms with E-state index in [9.17, 15) is 9.18 Å². The van der Waals surface area contributed by atoms with Crippen molar-refractivity contribution in [1.82, 2.24) is 4.98 Å². The van der Waals surface area contributed by atoms with E-state index in [2.05, 4.69) is 4.98 Å². The van der Waals surface area contributed by atoms with E-state index in [1.165, 1.54) is 12.1 Å². The average molecular weight is 229 g/mol. The van der Waals surface area contributed by atoms with Crippen LogP contribution in [-0.2, 0) is 6.42 Å². The van der Waals surface area contributed by atoms with Gasteiger partial charge in [0.1, 0.15) is 5.82 Å². The number of benzene rings is 1. The maximum Gasteiger partial charge on any atom is 0.169 e. The molecule has 2 rings (SSSR count). The van der Waals surface area contributed by atoms with Crippen LogP contribution in [-0.4, -0.2) is 10.8 Å². The van der Waals surface area contributed by atoms with Crippen molar-refractivity contribution in [2.75, 3.05) is 0 Å². The van der Waals surface area contributed by atoms with Crippen LogP contribution in [0.2, 0.25) is 0 Å². The average Bonchev–Trinajstić information content (AvgIpc) is 2.29. The molecule has 0 saturated heterocycles. The summed E-state index contributed by atoms with van der Waals surface area (Å²) in [6, 6.07) is 9.56. The fourth-order valence-corrected chi connectivity index (χ4v) is 1.71. The van der Waals surface area contributed by atoms with Gasteiger partial charge >= 0.3 is 0 Å². The van der Waals surface area contributed by atoms with Crippen LogP contribution < -0.4 is 0 Å². The monoisotopic (exact) mass is 229 g/mol. The van der Waals surface area contributed by atoms with Crippen molar-refractivity contribution in [3.05, 3.63) is 65.2 Å². The van der Waals surface area contributed by atoms with Crippen LogP contribution in [0.15, 0.2) is 42.6 Å². The maximum absolute atomic E-state index is 13.0. The topological polar surface area (TPSA) is 30.0 Å². The minimum atomic E-state index is -0.321. The summed E-state index contributed by atoms with van der Waals surface area (Å²) in [4.78, 5) is 16.0. The van der Waals surface area contributed by atoms with E-state index in [1.807, 2.05) is 0 Å². The number of aryl methyl sites for hydroxylation is 1. The fourth-order valence-electron chi connectivity index (χ4n) is 1.71. The highest BCUT2D eigenvalue weighted by Gasteiger charge is 2.10. The Labute approximate surface area is 99.1 Å². The highest BCUT2D eigenvalue weighted by atomic mass is 19.1. The van der Waals surface area contributed by atoms with Crippen LogP contribution in [0.3, 0.4) is 0 Å². The SMILES string of the molecule is Cc1ncccc1C(=O)Cc1cccc(F)c1. The summed E-state index contributed by atoms with van der Waals surface area (Å²) in [5, 5.41) is 0. The van der Waals surface area contributed by atoms with Gasteiger partial charge in [-0.15, -0.1) is 0 Å². The van der Waals surface area contributed by atoms with Gasteiger partial charge in [0, 0.05) is 23.9 Å². The van der Waals surface area contributed by atoms with Gasteiger partial charge in [0.05, 0.1) is 0 Å². The Morgan fingerprint density at radius 1 is 1.29 bits per heavy atom. The van der Waals surface area contributed by atoms with Crippen molar-refractivity contribution in [3.63, 3.8) is 0 Å². The largest absolute Gasteiger partial charge is 0.294 e. The second-order valence-electron chi connectivity index (χ2n) is 3.87. The van der Waals surface area contributed by atoms with E-state index in [0.717, 1.165) is 0 Å². The predicted molar refractivity (Wildman–Crippen MR) is 63.4 cm³/mol. The molecule has 0 amide bonds. The molecule has 0 radical (unpaired) electrons. The summed E-state index contributed by atoms with van der Waals surface area (Å²) in [7, 11) is 0. The number of Topliss-reactive ketones (excluding diaryl/α,β-unsaturated/α-hetero) is 1. The highest BCUT2D eigenvalue weighted by Crippen LogP contribution is 2.11. The van der Waals surface area contributed by atoms with E-state index in [-0.39, 0.29) is 18.0 Å². The molecule has 17 heavy (non-hydrogen) atoms. The molecular formula is C14H12FNO. The first kappa shape index (κ1) is 11.5. The standard InChI is InChI=1S/C14H12FNO/c1-10-13(6-3-7-16-10)14(17)9-11-4-2-5-12(15)8-11/h2-8H,9H2,1H3. The fraction of sp³-hybridized carbons (Fsp3) is 0.143. The molecule has 3 heteroatoms. The minimum Gasteiger partial charge on any atom is -0.294 e. The van der Waals surface area contributed by atoms with Crippen LogP contribution in [0.25, 0.3) is 0 Å². The third-order valence-corrected chi connectivity index (χ3v) is 2.56. The molecule has 0 atom stereocenters. The Morgan fingerprint density at radius 2 is 2.12 bits per heavy atom. The molecule has 86 valence electrons. The lowest BCUT2D eigenvalue weighted by Gasteiger charge is -2.04. The Balaban J connectivity index is 2.20. The van der Waals surface area contributed by atoms with E-state index in [0.29, 0.717) is 16.8 Å². The number of carbonyl (C=O) groups is 1. The third kappa shape index (κ3) is 2.75. The zero-order valence-electron chi connectivity index (χ0n) is 9.48. The molecule has 1 aromatic heterocycles. The number of carbonyl (C=O) groups excluding carboxylic acids is 1.